The number of nitrogens with zero attached hydrogens (tertiary/aromatic N) is 2. The van der Waals surface area contributed by atoms with E-state index in [0.29, 0.717) is 0 Å². The summed E-state index contributed by atoms with van der Waals surface area (Å²) in [7, 11) is 0. The molecule has 0 aromatic rings. The summed E-state index contributed by atoms with van der Waals surface area (Å²) < 4.78 is 0. The van der Waals surface area contributed by atoms with Crippen molar-refractivity contribution in [2.45, 2.75) is 20.8 Å². The molecule has 156 valence electrons. The summed E-state index contributed by atoms with van der Waals surface area (Å²) in [5, 5.41) is 25.1. The summed E-state index contributed by atoms with van der Waals surface area (Å²) >= 11 is 3.15. The average Bonchev–Trinajstić information content (AvgIpc) is 2.88. The molecule has 0 bridgehead atoms. The van der Waals surface area contributed by atoms with Gasteiger partial charge in [0.2, 0.25) is 0 Å². The van der Waals surface area contributed by atoms with Crippen LogP contribution in [0.4, 0.5) is 0 Å². The minimum absolute atomic E-state index is 1.06. The van der Waals surface area contributed by atoms with Gasteiger partial charge >= 0.3 is 0 Å². The van der Waals surface area contributed by atoms with Gasteiger partial charge in [-0.25, -0.2) is 0 Å². The molecule has 0 aromatic carbocycles. The molecule has 2 rings (SSSR count). The summed E-state index contributed by atoms with van der Waals surface area (Å²) in [6.07, 6.45) is 0. The molecule has 2 saturated heterocycles. The first-order valence-corrected chi connectivity index (χ1v) is 11.0. The molecule has 2 heterocycles. The Hall–Kier alpha value is -0.270. The first-order valence-electron chi connectivity index (χ1n) is 9.89. The SMILES string of the molecule is C1CNCCNCCN1.CC#N.CCBr.CCN1CCNCCNCC1. The van der Waals surface area contributed by atoms with E-state index in [-0.39, 0.29) is 0 Å². The summed E-state index contributed by atoms with van der Waals surface area (Å²) in [6, 6.07) is 1.75. The molecule has 2 aliphatic heterocycles. The van der Waals surface area contributed by atoms with E-state index in [1.54, 1.807) is 6.07 Å². The van der Waals surface area contributed by atoms with Gasteiger partial charge in [-0.2, -0.15) is 5.26 Å². The molecule has 8 heteroatoms. The zero-order chi connectivity index (χ0) is 19.7. The quantitative estimate of drug-likeness (QED) is 0.376. The average molecular weight is 436 g/mol. The van der Waals surface area contributed by atoms with Crippen LogP contribution < -0.4 is 26.6 Å². The van der Waals surface area contributed by atoms with Crippen molar-refractivity contribution in [2.24, 2.45) is 0 Å². The van der Waals surface area contributed by atoms with E-state index in [9.17, 15) is 0 Å². The Bertz CT molecular complexity index is 249. The Morgan fingerprint density at radius 1 is 0.731 bits per heavy atom. The highest BCUT2D eigenvalue weighted by molar-refractivity contribution is 9.09. The van der Waals surface area contributed by atoms with E-state index in [4.69, 9.17) is 5.26 Å². The van der Waals surface area contributed by atoms with Crippen molar-refractivity contribution >= 4 is 15.9 Å². The molecule has 26 heavy (non-hydrogen) atoms. The van der Waals surface area contributed by atoms with Crippen LogP contribution in [0.2, 0.25) is 0 Å². The van der Waals surface area contributed by atoms with Gasteiger partial charge in [0.25, 0.3) is 0 Å². The van der Waals surface area contributed by atoms with Crippen molar-refractivity contribution < 1.29 is 0 Å². The fourth-order valence-electron chi connectivity index (χ4n) is 2.23. The fourth-order valence-corrected chi connectivity index (χ4v) is 2.23. The van der Waals surface area contributed by atoms with Gasteiger partial charge in [0.05, 0.1) is 6.07 Å². The Balaban J connectivity index is 0. The van der Waals surface area contributed by atoms with E-state index in [0.717, 1.165) is 70.8 Å². The predicted molar refractivity (Wildman–Crippen MR) is 117 cm³/mol. The molecule has 2 fully saturated rings. The lowest BCUT2D eigenvalue weighted by atomic mass is 10.4. The summed E-state index contributed by atoms with van der Waals surface area (Å²) in [4.78, 5) is 2.46. The first kappa shape index (κ1) is 27.9. The van der Waals surface area contributed by atoms with Crippen molar-refractivity contribution in [2.75, 3.05) is 90.4 Å². The van der Waals surface area contributed by atoms with Crippen LogP contribution in [0.15, 0.2) is 0 Å². The van der Waals surface area contributed by atoms with Gasteiger partial charge in [0.15, 0.2) is 0 Å². The molecule has 2 aliphatic rings. The van der Waals surface area contributed by atoms with Gasteiger partial charge in [0.1, 0.15) is 0 Å². The zero-order valence-corrected chi connectivity index (χ0v) is 18.8. The lowest BCUT2D eigenvalue weighted by Crippen LogP contribution is -2.33. The highest BCUT2D eigenvalue weighted by Gasteiger charge is 2.02. The highest BCUT2D eigenvalue weighted by Crippen LogP contribution is 1.85. The second-order valence-electron chi connectivity index (χ2n) is 5.68. The van der Waals surface area contributed by atoms with Crippen LogP contribution in [-0.4, -0.2) is 95.3 Å². The monoisotopic (exact) mass is 435 g/mol. The molecule has 5 N–H and O–H groups in total. The molecule has 0 unspecified atom stereocenters. The molecule has 0 amide bonds. The number of hydrogen-bond donors (Lipinski definition) is 5. The van der Waals surface area contributed by atoms with Gasteiger partial charge in [0, 0.05) is 90.8 Å². The Labute approximate surface area is 170 Å². The van der Waals surface area contributed by atoms with Gasteiger partial charge in [-0.1, -0.05) is 29.8 Å². The lowest BCUT2D eigenvalue weighted by Gasteiger charge is -2.18. The van der Waals surface area contributed by atoms with E-state index in [1.165, 1.54) is 26.6 Å². The fraction of sp³-hybridized carbons (Fsp3) is 0.944. The molecule has 0 atom stereocenters. The summed E-state index contributed by atoms with van der Waals surface area (Å²) in [5.74, 6) is 0. The predicted octanol–water partition coefficient (Wildman–Crippen LogP) is 0.201. The number of nitriles is 1. The number of alkyl halides is 1. The van der Waals surface area contributed by atoms with Crippen molar-refractivity contribution in [3.8, 4) is 6.07 Å². The van der Waals surface area contributed by atoms with Crippen LogP contribution in [0.25, 0.3) is 0 Å². The standard InChI is InChI=1S/C8H19N3.C6H15N3.C2H5Br.C2H3N/c1-2-11-7-5-9-3-4-10-6-8-11;1-2-8-5-6-9-4-3-7-1;2*1-2-3/h9-10H,2-8H2,1H3;7-9H,1-6H2;2H2,1H3;1H3. The Kier molecular flexibility index (Phi) is 29.0. The molecular formula is C18H42BrN7. The molecule has 0 aromatic heterocycles. The van der Waals surface area contributed by atoms with Crippen LogP contribution in [-0.2, 0) is 0 Å². The number of rotatable bonds is 1. The molecule has 0 spiro atoms. The molecule has 0 aliphatic carbocycles. The Morgan fingerprint density at radius 2 is 0.962 bits per heavy atom. The zero-order valence-electron chi connectivity index (χ0n) is 17.2. The van der Waals surface area contributed by atoms with Gasteiger partial charge < -0.3 is 31.5 Å². The number of nitrogens with one attached hydrogen (secondary N) is 5. The van der Waals surface area contributed by atoms with E-state index >= 15 is 0 Å². The molecule has 7 nitrogen and oxygen atoms in total. The maximum absolute atomic E-state index is 7.32. The van der Waals surface area contributed by atoms with Crippen LogP contribution in [0.5, 0.6) is 0 Å². The number of hydrogen-bond acceptors (Lipinski definition) is 7. The van der Waals surface area contributed by atoms with Crippen molar-refractivity contribution in [3.05, 3.63) is 0 Å². The third-order valence-electron chi connectivity index (χ3n) is 3.57. The van der Waals surface area contributed by atoms with Gasteiger partial charge in [-0.3, -0.25) is 0 Å². The van der Waals surface area contributed by atoms with Gasteiger partial charge in [-0.05, 0) is 6.54 Å². The highest BCUT2D eigenvalue weighted by atomic mass is 79.9. The molecule has 0 radical (unpaired) electrons. The minimum Gasteiger partial charge on any atom is -0.314 e. The van der Waals surface area contributed by atoms with Crippen molar-refractivity contribution in [3.63, 3.8) is 0 Å². The largest absolute Gasteiger partial charge is 0.314 e. The van der Waals surface area contributed by atoms with Crippen molar-refractivity contribution in [1.82, 2.24) is 31.5 Å². The van der Waals surface area contributed by atoms with Crippen LogP contribution in [0.1, 0.15) is 20.8 Å². The maximum atomic E-state index is 7.32. The molecular weight excluding hydrogens is 394 g/mol. The van der Waals surface area contributed by atoms with Crippen LogP contribution >= 0.6 is 15.9 Å². The summed E-state index contributed by atoms with van der Waals surface area (Å²) in [5.41, 5.74) is 0. The normalized spacial score (nSPS) is 19.3. The number of halogens is 1. The van der Waals surface area contributed by atoms with E-state index in [1.807, 2.05) is 6.92 Å². The van der Waals surface area contributed by atoms with Crippen molar-refractivity contribution in [1.29, 1.82) is 5.26 Å². The second kappa shape index (κ2) is 27.0. The maximum Gasteiger partial charge on any atom is 0.0587 e. The smallest absolute Gasteiger partial charge is 0.0587 e. The van der Waals surface area contributed by atoms with Crippen LogP contribution in [0, 0.1) is 11.3 Å². The third-order valence-corrected chi connectivity index (χ3v) is 3.57. The second-order valence-corrected chi connectivity index (χ2v) is 6.80. The third kappa shape index (κ3) is 26.0. The topological polar surface area (TPSA) is 87.2 Å². The van der Waals surface area contributed by atoms with Crippen LogP contribution in [0.3, 0.4) is 0 Å². The van der Waals surface area contributed by atoms with E-state index in [2.05, 4.69) is 54.3 Å². The lowest BCUT2D eigenvalue weighted by molar-refractivity contribution is 0.295. The Morgan fingerprint density at radius 3 is 1.19 bits per heavy atom. The minimum atomic E-state index is 1.06. The van der Waals surface area contributed by atoms with Gasteiger partial charge in [-0.15, -0.1) is 0 Å². The molecule has 0 saturated carbocycles. The number of likely N-dealkylation sites (N-methyl/N-ethyl adjacent to an activating group) is 1. The summed E-state index contributed by atoms with van der Waals surface area (Å²) in [6.45, 7) is 20.3. The first-order chi connectivity index (χ1) is 12.8. The van der Waals surface area contributed by atoms with E-state index < -0.39 is 0 Å².